The van der Waals surface area contributed by atoms with Crippen LogP contribution in [0.2, 0.25) is 19.6 Å². The van der Waals surface area contributed by atoms with Crippen molar-refractivity contribution in [3.8, 4) is 11.5 Å². The van der Waals surface area contributed by atoms with Crippen LogP contribution >= 0.6 is 15.9 Å². The van der Waals surface area contributed by atoms with Gasteiger partial charge in [0.25, 0.3) is 0 Å². The summed E-state index contributed by atoms with van der Waals surface area (Å²) in [5.41, 5.74) is 4.55. The van der Waals surface area contributed by atoms with Crippen molar-refractivity contribution in [2.75, 3.05) is 0 Å². The Balaban J connectivity index is 2.87. The Morgan fingerprint density at radius 1 is 1.33 bits per heavy atom. The number of hydrogen-bond donors (Lipinski definition) is 0. The Labute approximate surface area is 89.3 Å². The standard InChI is InChI=1S/C9H11BrSeSi/c1-12(2,3)5-4-8-6-11-7-9(8)10/h6-7H,1-3H3. The molecule has 0 saturated heterocycles. The summed E-state index contributed by atoms with van der Waals surface area (Å²) < 4.78 is 1.19. The van der Waals surface area contributed by atoms with E-state index in [1.165, 1.54) is 10.0 Å². The first-order valence-corrected chi connectivity index (χ1v) is 10.0. The Morgan fingerprint density at radius 2 is 2.00 bits per heavy atom. The molecule has 12 heavy (non-hydrogen) atoms. The minimum atomic E-state index is -1.20. The van der Waals surface area contributed by atoms with E-state index in [9.17, 15) is 0 Å². The van der Waals surface area contributed by atoms with Gasteiger partial charge in [0.2, 0.25) is 0 Å². The van der Waals surface area contributed by atoms with E-state index in [2.05, 4.69) is 56.9 Å². The molecule has 1 heterocycles. The van der Waals surface area contributed by atoms with Gasteiger partial charge in [0.15, 0.2) is 0 Å². The average molecular weight is 306 g/mol. The second kappa shape index (κ2) is 3.98. The molecule has 0 aliphatic heterocycles. The van der Waals surface area contributed by atoms with Crippen LogP contribution in [0.1, 0.15) is 5.56 Å². The van der Waals surface area contributed by atoms with Gasteiger partial charge in [-0.3, -0.25) is 0 Å². The molecule has 0 aliphatic carbocycles. The SMILES string of the molecule is C[Si](C)(C)C#Cc1c[se]cc1Br. The van der Waals surface area contributed by atoms with Crippen molar-refractivity contribution >= 4 is 38.5 Å². The summed E-state index contributed by atoms with van der Waals surface area (Å²) in [7, 11) is -1.20. The Morgan fingerprint density at radius 3 is 2.42 bits per heavy atom. The van der Waals surface area contributed by atoms with E-state index < -0.39 is 8.07 Å². The molecule has 0 aromatic carbocycles. The Bertz CT molecular complexity index is 324. The molecule has 0 N–H and O–H groups in total. The van der Waals surface area contributed by atoms with Crippen molar-refractivity contribution in [2.45, 2.75) is 19.6 Å². The first kappa shape index (κ1) is 10.3. The van der Waals surface area contributed by atoms with Crippen LogP contribution in [0, 0.1) is 11.5 Å². The molecule has 0 spiro atoms. The van der Waals surface area contributed by atoms with Crippen LogP contribution in [0.3, 0.4) is 0 Å². The van der Waals surface area contributed by atoms with Gasteiger partial charge in [-0.05, 0) is 0 Å². The second-order valence-corrected chi connectivity index (χ2v) is 10.8. The molecule has 0 saturated carbocycles. The maximum atomic E-state index is 3.49. The molecule has 0 radical (unpaired) electrons. The van der Waals surface area contributed by atoms with Gasteiger partial charge < -0.3 is 0 Å². The van der Waals surface area contributed by atoms with Gasteiger partial charge in [-0.2, -0.15) is 0 Å². The van der Waals surface area contributed by atoms with Crippen molar-refractivity contribution in [3.05, 3.63) is 19.9 Å². The molecule has 0 fully saturated rings. The van der Waals surface area contributed by atoms with Crippen LogP contribution in [-0.2, 0) is 0 Å². The molecule has 1 rings (SSSR count). The molecular weight excluding hydrogens is 295 g/mol. The fourth-order valence-corrected chi connectivity index (χ4v) is 3.59. The van der Waals surface area contributed by atoms with Crippen LogP contribution in [0.5, 0.6) is 0 Å². The van der Waals surface area contributed by atoms with Crippen molar-refractivity contribution in [2.24, 2.45) is 0 Å². The number of rotatable bonds is 0. The van der Waals surface area contributed by atoms with Crippen molar-refractivity contribution < 1.29 is 0 Å². The third kappa shape index (κ3) is 3.33. The van der Waals surface area contributed by atoms with Crippen LogP contribution in [0.15, 0.2) is 14.4 Å². The van der Waals surface area contributed by atoms with E-state index in [1.807, 2.05) is 0 Å². The molecule has 1 aromatic rings. The molecule has 64 valence electrons. The molecule has 1 aromatic heterocycles. The minimum absolute atomic E-state index is 0.530. The molecule has 3 heteroatoms. The summed E-state index contributed by atoms with van der Waals surface area (Å²) in [5.74, 6) is 3.24. The van der Waals surface area contributed by atoms with Gasteiger partial charge >= 0.3 is 89.5 Å². The van der Waals surface area contributed by atoms with E-state index in [4.69, 9.17) is 0 Å². The summed E-state index contributed by atoms with van der Waals surface area (Å²) in [6.45, 7) is 6.79. The molecule has 0 amide bonds. The average Bonchev–Trinajstić information content (AvgIpc) is 2.29. The first-order valence-electron chi connectivity index (χ1n) is 3.74. The normalized spacial score (nSPS) is 10.7. The third-order valence-electron chi connectivity index (χ3n) is 1.19. The fraction of sp³-hybridized carbons (Fsp3) is 0.333. The molecule has 0 bridgehead atoms. The van der Waals surface area contributed by atoms with Crippen molar-refractivity contribution in [3.63, 3.8) is 0 Å². The van der Waals surface area contributed by atoms with Crippen LogP contribution in [-0.4, -0.2) is 22.6 Å². The summed E-state index contributed by atoms with van der Waals surface area (Å²) in [5, 5.41) is 0. The Kier molecular flexibility index (Phi) is 3.43. The summed E-state index contributed by atoms with van der Waals surface area (Å²) in [6.07, 6.45) is 0. The maximum absolute atomic E-state index is 3.49. The van der Waals surface area contributed by atoms with E-state index >= 15 is 0 Å². The van der Waals surface area contributed by atoms with E-state index in [0.29, 0.717) is 14.5 Å². The van der Waals surface area contributed by atoms with Gasteiger partial charge in [-0.1, -0.05) is 0 Å². The molecular formula is C9H11BrSeSi. The zero-order valence-electron chi connectivity index (χ0n) is 7.44. The summed E-state index contributed by atoms with van der Waals surface area (Å²) in [4.78, 5) is 4.44. The van der Waals surface area contributed by atoms with E-state index in [-0.39, 0.29) is 0 Å². The first-order chi connectivity index (χ1) is 5.49. The Hall–Kier alpha value is 0.256. The quantitative estimate of drug-likeness (QED) is 0.511. The molecule has 0 atom stereocenters. The second-order valence-electron chi connectivity index (χ2n) is 3.63. The molecule has 0 aliphatic rings. The van der Waals surface area contributed by atoms with Crippen LogP contribution < -0.4 is 0 Å². The van der Waals surface area contributed by atoms with Gasteiger partial charge in [0.1, 0.15) is 0 Å². The van der Waals surface area contributed by atoms with Crippen molar-refractivity contribution in [1.82, 2.24) is 0 Å². The van der Waals surface area contributed by atoms with Gasteiger partial charge in [-0.15, -0.1) is 0 Å². The van der Waals surface area contributed by atoms with Gasteiger partial charge in [-0.25, -0.2) is 0 Å². The number of hydrogen-bond acceptors (Lipinski definition) is 0. The van der Waals surface area contributed by atoms with E-state index in [0.717, 1.165) is 0 Å². The van der Waals surface area contributed by atoms with Crippen LogP contribution in [0.4, 0.5) is 0 Å². The van der Waals surface area contributed by atoms with E-state index in [1.54, 1.807) is 0 Å². The topological polar surface area (TPSA) is 0 Å². The van der Waals surface area contributed by atoms with Gasteiger partial charge in [0.05, 0.1) is 0 Å². The predicted octanol–water partition coefficient (Wildman–Crippen LogP) is 2.74. The summed E-state index contributed by atoms with van der Waals surface area (Å²) in [6, 6.07) is 0. The number of halogens is 1. The van der Waals surface area contributed by atoms with Crippen LogP contribution in [0.25, 0.3) is 0 Å². The predicted molar refractivity (Wildman–Crippen MR) is 61.3 cm³/mol. The van der Waals surface area contributed by atoms with Gasteiger partial charge in [0, 0.05) is 0 Å². The summed E-state index contributed by atoms with van der Waals surface area (Å²) >= 11 is 4.02. The third-order valence-corrected chi connectivity index (χ3v) is 4.96. The monoisotopic (exact) mass is 306 g/mol. The zero-order valence-corrected chi connectivity index (χ0v) is 11.7. The molecule has 0 nitrogen and oxygen atoms in total. The zero-order chi connectivity index (χ0) is 9.19. The molecule has 0 unspecified atom stereocenters. The fourth-order valence-electron chi connectivity index (χ4n) is 0.626. The van der Waals surface area contributed by atoms with Crippen molar-refractivity contribution in [1.29, 1.82) is 0 Å².